The quantitative estimate of drug-likeness (QED) is 0.207. The van der Waals surface area contributed by atoms with E-state index in [1.807, 2.05) is 0 Å². The van der Waals surface area contributed by atoms with Gasteiger partial charge in [-0.05, 0) is 78.1 Å². The normalized spacial score (nSPS) is 10.7. The molecular formula is C17H10Br3Cl2N5O2. The lowest BCUT2D eigenvalue weighted by molar-refractivity contribution is 0.0953. The van der Waals surface area contributed by atoms with Crippen molar-refractivity contribution < 1.29 is 9.59 Å². The molecule has 0 atom stereocenters. The van der Waals surface area contributed by atoms with Gasteiger partial charge in [0.25, 0.3) is 11.8 Å². The van der Waals surface area contributed by atoms with Crippen LogP contribution in [0.5, 0.6) is 0 Å². The maximum absolute atomic E-state index is 13.1. The van der Waals surface area contributed by atoms with Gasteiger partial charge in [0.05, 0.1) is 20.7 Å². The monoisotopic (exact) mass is 623 g/mol. The summed E-state index contributed by atoms with van der Waals surface area (Å²) in [7, 11) is 0. The summed E-state index contributed by atoms with van der Waals surface area (Å²) in [6.45, 7) is 0. The molecule has 0 saturated carbocycles. The number of nitrogen functional groups attached to an aromatic ring is 1. The van der Waals surface area contributed by atoms with Crippen molar-refractivity contribution in [1.29, 1.82) is 0 Å². The summed E-state index contributed by atoms with van der Waals surface area (Å²) < 4.78 is 2.92. The molecule has 0 unspecified atom stereocenters. The Kier molecular flexibility index (Phi) is 7.02. The summed E-state index contributed by atoms with van der Waals surface area (Å²) in [5.74, 6) is 4.43. The fourth-order valence-corrected chi connectivity index (χ4v) is 4.19. The molecule has 3 rings (SSSR count). The van der Waals surface area contributed by atoms with Crippen LogP contribution in [0.4, 0.5) is 5.69 Å². The highest BCUT2D eigenvalue weighted by Gasteiger charge is 2.24. The van der Waals surface area contributed by atoms with Crippen molar-refractivity contribution >= 4 is 88.5 Å². The zero-order valence-electron chi connectivity index (χ0n) is 14.1. The maximum Gasteiger partial charge on any atom is 0.272 e. The van der Waals surface area contributed by atoms with Crippen molar-refractivity contribution in [3.05, 3.63) is 71.4 Å². The van der Waals surface area contributed by atoms with E-state index in [4.69, 9.17) is 29.0 Å². The number of carbonyl (C=O) groups is 2. The molecule has 0 aliphatic rings. The van der Waals surface area contributed by atoms with Crippen LogP contribution >= 0.6 is 71.0 Å². The van der Waals surface area contributed by atoms with Crippen LogP contribution in [0.2, 0.25) is 10.2 Å². The van der Waals surface area contributed by atoms with E-state index in [1.54, 1.807) is 24.3 Å². The molecule has 2 amide bonds. The second-order valence-corrected chi connectivity index (χ2v) is 8.79. The predicted molar refractivity (Wildman–Crippen MR) is 123 cm³/mol. The number of rotatable bonds is 4. The fourth-order valence-electron chi connectivity index (χ4n) is 2.51. The molecule has 2 aromatic heterocycles. The number of hydrogen-bond donors (Lipinski definition) is 3. The molecule has 0 aliphatic carbocycles. The Morgan fingerprint density at radius 2 is 1.79 bits per heavy atom. The molecule has 3 aromatic rings. The molecule has 0 radical (unpaired) electrons. The Bertz CT molecular complexity index is 1140. The zero-order chi connectivity index (χ0) is 21.3. The summed E-state index contributed by atoms with van der Waals surface area (Å²) in [6.07, 6.45) is 1.53. The van der Waals surface area contributed by atoms with Gasteiger partial charge in [0.2, 0.25) is 0 Å². The number of nitrogens with zero attached hydrogens (tertiary/aromatic N) is 2. The largest absolute Gasteiger partial charge is 0.320 e. The number of aromatic nitrogens is 2. The van der Waals surface area contributed by atoms with Crippen molar-refractivity contribution in [3.8, 4) is 5.82 Å². The van der Waals surface area contributed by atoms with Gasteiger partial charge in [0, 0.05) is 15.1 Å². The van der Waals surface area contributed by atoms with E-state index in [9.17, 15) is 9.59 Å². The van der Waals surface area contributed by atoms with Crippen LogP contribution in [0, 0.1) is 0 Å². The van der Waals surface area contributed by atoms with Crippen molar-refractivity contribution in [2.75, 3.05) is 5.32 Å². The van der Waals surface area contributed by atoms with Crippen LogP contribution in [0.3, 0.4) is 0 Å². The fraction of sp³-hybridized carbons (Fsp3) is 0. The molecule has 0 bridgehead atoms. The number of halogens is 5. The van der Waals surface area contributed by atoms with Crippen molar-refractivity contribution in [1.82, 2.24) is 15.0 Å². The molecule has 12 heteroatoms. The number of nitrogens with two attached hydrogens (primary N) is 1. The summed E-state index contributed by atoms with van der Waals surface area (Å²) in [6, 6.07) is 8.05. The lowest BCUT2D eigenvalue weighted by Gasteiger charge is -2.14. The molecule has 4 N–H and O–H groups in total. The van der Waals surface area contributed by atoms with Crippen LogP contribution in [-0.2, 0) is 0 Å². The highest BCUT2D eigenvalue weighted by atomic mass is 79.9. The van der Waals surface area contributed by atoms with Gasteiger partial charge in [0.15, 0.2) is 5.82 Å². The Balaban J connectivity index is 2.09. The molecular weight excluding hydrogens is 617 g/mol. The number of anilines is 1. The van der Waals surface area contributed by atoms with Crippen molar-refractivity contribution in [2.24, 2.45) is 5.84 Å². The van der Waals surface area contributed by atoms with Gasteiger partial charge in [0.1, 0.15) is 10.8 Å². The molecule has 0 aliphatic heterocycles. The standard InChI is InChI=1S/C17H10Br3Cl2N5O2/c18-7-3-4-10(12(13(7)20)17(29)26-23)25-16(28)11-6-8(19)14(22)27(11)15-9(21)2-1-5-24-15/h1-6H,23H2,(H,25,28)(H,26,29). The lowest BCUT2D eigenvalue weighted by Crippen LogP contribution is -2.31. The Morgan fingerprint density at radius 1 is 1.07 bits per heavy atom. The minimum absolute atomic E-state index is 0.148. The Hall–Kier alpha value is -1.43. The molecule has 29 heavy (non-hydrogen) atoms. The van der Waals surface area contributed by atoms with E-state index in [0.717, 1.165) is 0 Å². The van der Waals surface area contributed by atoms with E-state index in [-0.39, 0.29) is 27.9 Å². The predicted octanol–water partition coefficient (Wildman–Crippen LogP) is 5.32. The summed E-state index contributed by atoms with van der Waals surface area (Å²) in [5.41, 5.74) is 2.60. The first-order valence-electron chi connectivity index (χ1n) is 7.74. The van der Waals surface area contributed by atoms with Gasteiger partial charge >= 0.3 is 0 Å². The van der Waals surface area contributed by atoms with Crippen LogP contribution in [-0.4, -0.2) is 21.4 Å². The number of pyridine rings is 1. The number of benzene rings is 1. The van der Waals surface area contributed by atoms with E-state index in [1.165, 1.54) is 16.8 Å². The third-order valence-corrected chi connectivity index (χ3v) is 7.30. The SMILES string of the molecule is NNC(=O)c1c(NC(=O)c2cc(Br)c(Cl)n2-c2ncccc2Cl)ccc(Br)c1Br. The van der Waals surface area contributed by atoms with Gasteiger partial charge in [-0.1, -0.05) is 23.2 Å². The van der Waals surface area contributed by atoms with Gasteiger partial charge in [-0.3, -0.25) is 19.6 Å². The number of hydrazine groups is 1. The van der Waals surface area contributed by atoms with Gasteiger partial charge < -0.3 is 5.32 Å². The molecule has 1 aromatic carbocycles. The van der Waals surface area contributed by atoms with Crippen molar-refractivity contribution in [2.45, 2.75) is 0 Å². The van der Waals surface area contributed by atoms with E-state index in [0.29, 0.717) is 18.4 Å². The van der Waals surface area contributed by atoms with Crippen LogP contribution in [0.1, 0.15) is 20.8 Å². The summed E-state index contributed by atoms with van der Waals surface area (Å²) in [4.78, 5) is 29.5. The number of amides is 2. The van der Waals surface area contributed by atoms with Crippen molar-refractivity contribution in [3.63, 3.8) is 0 Å². The van der Waals surface area contributed by atoms with Crippen LogP contribution in [0.15, 0.2) is 49.9 Å². The molecule has 0 spiro atoms. The van der Waals surface area contributed by atoms with Gasteiger partial charge in [-0.2, -0.15) is 0 Å². The zero-order valence-corrected chi connectivity index (χ0v) is 20.4. The first kappa shape index (κ1) is 22.3. The average molecular weight is 627 g/mol. The topological polar surface area (TPSA) is 102 Å². The molecule has 150 valence electrons. The lowest BCUT2D eigenvalue weighted by atomic mass is 10.1. The number of nitrogens with one attached hydrogen (secondary N) is 2. The van der Waals surface area contributed by atoms with E-state index in [2.05, 4.69) is 63.5 Å². The second-order valence-electron chi connectivity index (χ2n) is 5.52. The maximum atomic E-state index is 13.1. The Morgan fingerprint density at radius 3 is 2.45 bits per heavy atom. The minimum Gasteiger partial charge on any atom is -0.320 e. The summed E-state index contributed by atoms with van der Waals surface area (Å²) >= 11 is 22.5. The number of hydrogen-bond acceptors (Lipinski definition) is 4. The first-order valence-corrected chi connectivity index (χ1v) is 10.9. The molecule has 2 heterocycles. The van der Waals surface area contributed by atoms with E-state index >= 15 is 0 Å². The Labute approximate surface area is 200 Å². The van der Waals surface area contributed by atoms with Gasteiger partial charge in [-0.25, -0.2) is 10.8 Å². The number of carbonyl (C=O) groups excluding carboxylic acids is 2. The molecule has 0 saturated heterocycles. The smallest absolute Gasteiger partial charge is 0.272 e. The first-order chi connectivity index (χ1) is 13.8. The second kappa shape index (κ2) is 9.15. The highest BCUT2D eigenvalue weighted by Crippen LogP contribution is 2.35. The summed E-state index contributed by atoms with van der Waals surface area (Å²) in [5, 5.41) is 3.22. The van der Waals surface area contributed by atoms with Crippen LogP contribution in [0.25, 0.3) is 5.82 Å². The van der Waals surface area contributed by atoms with Crippen LogP contribution < -0.4 is 16.6 Å². The average Bonchev–Trinajstić information content (AvgIpc) is 2.99. The highest BCUT2D eigenvalue weighted by molar-refractivity contribution is 9.13. The van der Waals surface area contributed by atoms with Gasteiger partial charge in [-0.15, -0.1) is 0 Å². The molecule has 7 nitrogen and oxygen atoms in total. The minimum atomic E-state index is -0.587. The third-order valence-electron chi connectivity index (χ3n) is 3.78. The third kappa shape index (κ3) is 4.37. The molecule has 0 fully saturated rings. The van der Waals surface area contributed by atoms with E-state index < -0.39 is 11.8 Å².